The Labute approximate surface area is 109 Å². The maximum atomic E-state index is 12.1. The molecule has 0 aromatic carbocycles. The molecule has 90 valence electrons. The molecule has 0 unspecified atom stereocenters. The zero-order valence-corrected chi connectivity index (χ0v) is 10.5. The van der Waals surface area contributed by atoms with Crippen LogP contribution in [0.25, 0.3) is 11.2 Å². The Bertz CT molecular complexity index is 732. The predicted octanol–water partition coefficient (Wildman–Crippen LogP) is 1.19. The number of aromatic amines is 1. The first-order chi connectivity index (χ1) is 8.66. The molecule has 7 nitrogen and oxygen atoms in total. The number of rotatable bonds is 1. The van der Waals surface area contributed by atoms with Crippen LogP contribution in [0.2, 0.25) is 0 Å². The fourth-order valence-electron chi connectivity index (χ4n) is 1.57. The summed E-state index contributed by atoms with van der Waals surface area (Å²) >= 11 is 3.32. The lowest BCUT2D eigenvalue weighted by molar-refractivity contribution is 0.0956. The lowest BCUT2D eigenvalue weighted by Gasteiger charge is -2.03. The second kappa shape index (κ2) is 3.91. The van der Waals surface area contributed by atoms with Crippen LogP contribution in [0.1, 0.15) is 10.5 Å². The second-order valence-corrected chi connectivity index (χ2v) is 4.42. The molecule has 0 amide bonds. The minimum atomic E-state index is -0.368. The average molecular weight is 307 g/mol. The van der Waals surface area contributed by atoms with E-state index in [4.69, 9.17) is 5.73 Å². The number of carbonyl (C=O) groups is 1. The van der Waals surface area contributed by atoms with Gasteiger partial charge in [0.05, 0.1) is 4.47 Å². The van der Waals surface area contributed by atoms with Gasteiger partial charge in [-0.1, -0.05) is 0 Å². The number of imidazole rings is 1. The number of nitrogens with zero attached hydrogens (tertiary/aromatic N) is 4. The van der Waals surface area contributed by atoms with E-state index in [0.717, 1.165) is 4.47 Å². The SMILES string of the molecule is Nc1nc2[nH]cc(Br)c2nc1C(=O)n1ccnc1. The number of halogens is 1. The Kier molecular flexibility index (Phi) is 2.37. The van der Waals surface area contributed by atoms with Crippen molar-refractivity contribution in [2.75, 3.05) is 5.73 Å². The Balaban J connectivity index is 2.19. The van der Waals surface area contributed by atoms with Gasteiger partial charge < -0.3 is 10.7 Å². The molecule has 0 radical (unpaired) electrons. The zero-order valence-electron chi connectivity index (χ0n) is 8.96. The molecule has 0 saturated heterocycles. The number of nitrogens with two attached hydrogens (primary N) is 1. The average Bonchev–Trinajstić information content (AvgIpc) is 2.98. The molecule has 18 heavy (non-hydrogen) atoms. The highest BCUT2D eigenvalue weighted by Crippen LogP contribution is 2.22. The van der Waals surface area contributed by atoms with Gasteiger partial charge >= 0.3 is 0 Å². The molecule has 3 aromatic rings. The summed E-state index contributed by atoms with van der Waals surface area (Å²) in [4.78, 5) is 27.2. The maximum absolute atomic E-state index is 12.1. The van der Waals surface area contributed by atoms with Crippen molar-refractivity contribution in [2.45, 2.75) is 0 Å². The molecule has 0 spiro atoms. The number of hydrogen-bond donors (Lipinski definition) is 2. The minimum Gasteiger partial charge on any atom is -0.382 e. The number of aromatic nitrogens is 5. The molecule has 8 heteroatoms. The third-order valence-electron chi connectivity index (χ3n) is 2.43. The van der Waals surface area contributed by atoms with E-state index in [1.807, 2.05) is 0 Å². The van der Waals surface area contributed by atoms with Gasteiger partial charge in [0.25, 0.3) is 5.91 Å². The maximum Gasteiger partial charge on any atom is 0.285 e. The van der Waals surface area contributed by atoms with Gasteiger partial charge in [-0.05, 0) is 15.9 Å². The number of H-pyrrole nitrogens is 1. The van der Waals surface area contributed by atoms with E-state index < -0.39 is 0 Å². The van der Waals surface area contributed by atoms with E-state index in [-0.39, 0.29) is 17.4 Å². The van der Waals surface area contributed by atoms with Gasteiger partial charge in [0.15, 0.2) is 17.2 Å². The zero-order chi connectivity index (χ0) is 12.7. The van der Waals surface area contributed by atoms with Gasteiger partial charge in [0, 0.05) is 18.6 Å². The van der Waals surface area contributed by atoms with E-state index in [1.165, 1.54) is 23.3 Å². The molecule has 0 atom stereocenters. The van der Waals surface area contributed by atoms with E-state index in [9.17, 15) is 4.79 Å². The summed E-state index contributed by atoms with van der Waals surface area (Å²) < 4.78 is 2.02. The molecule has 0 saturated carbocycles. The Hall–Kier alpha value is -2.22. The van der Waals surface area contributed by atoms with Crippen molar-refractivity contribution in [1.29, 1.82) is 0 Å². The third-order valence-corrected chi connectivity index (χ3v) is 3.03. The number of nitrogen functional groups attached to an aromatic ring is 1. The van der Waals surface area contributed by atoms with Crippen LogP contribution in [0.4, 0.5) is 5.82 Å². The largest absolute Gasteiger partial charge is 0.382 e. The highest BCUT2D eigenvalue weighted by atomic mass is 79.9. The summed E-state index contributed by atoms with van der Waals surface area (Å²) in [5.41, 5.74) is 6.93. The molecule has 3 N–H and O–H groups in total. The molecule has 3 rings (SSSR count). The van der Waals surface area contributed by atoms with Crippen LogP contribution in [-0.2, 0) is 0 Å². The van der Waals surface area contributed by atoms with Gasteiger partial charge in [-0.15, -0.1) is 0 Å². The van der Waals surface area contributed by atoms with Crippen LogP contribution < -0.4 is 5.73 Å². The van der Waals surface area contributed by atoms with Crippen LogP contribution in [0.5, 0.6) is 0 Å². The van der Waals surface area contributed by atoms with Crippen molar-refractivity contribution in [3.63, 3.8) is 0 Å². The summed E-state index contributed by atoms with van der Waals surface area (Å²) in [6.07, 6.45) is 6.11. The monoisotopic (exact) mass is 306 g/mol. The number of nitrogens with one attached hydrogen (secondary N) is 1. The van der Waals surface area contributed by atoms with Crippen LogP contribution >= 0.6 is 15.9 Å². The van der Waals surface area contributed by atoms with E-state index >= 15 is 0 Å². The Morgan fingerprint density at radius 2 is 2.28 bits per heavy atom. The van der Waals surface area contributed by atoms with Crippen molar-refractivity contribution in [3.8, 4) is 0 Å². The molecule has 0 aliphatic rings. The van der Waals surface area contributed by atoms with Crippen LogP contribution in [0.15, 0.2) is 29.4 Å². The van der Waals surface area contributed by atoms with Crippen molar-refractivity contribution in [2.24, 2.45) is 0 Å². The number of hydrogen-bond acceptors (Lipinski definition) is 5. The first-order valence-corrected chi connectivity index (χ1v) is 5.79. The normalized spacial score (nSPS) is 10.9. The molecule has 3 aromatic heterocycles. The molecule has 3 heterocycles. The van der Waals surface area contributed by atoms with Gasteiger partial charge in [0.2, 0.25) is 0 Å². The molecule has 0 bridgehead atoms. The quantitative estimate of drug-likeness (QED) is 0.703. The highest BCUT2D eigenvalue weighted by molar-refractivity contribution is 9.10. The number of carbonyl (C=O) groups excluding carboxylic acids is 1. The predicted molar refractivity (Wildman–Crippen MR) is 68.0 cm³/mol. The van der Waals surface area contributed by atoms with Crippen LogP contribution in [0.3, 0.4) is 0 Å². The molecule has 0 aliphatic heterocycles. The lowest BCUT2D eigenvalue weighted by atomic mass is 10.3. The number of fused-ring (bicyclic) bond motifs is 1. The van der Waals surface area contributed by atoms with E-state index in [0.29, 0.717) is 11.2 Å². The molecule has 0 fully saturated rings. The summed E-state index contributed by atoms with van der Waals surface area (Å²) in [6, 6.07) is 0. The lowest BCUT2D eigenvalue weighted by Crippen LogP contribution is -2.15. The fourth-order valence-corrected chi connectivity index (χ4v) is 1.97. The van der Waals surface area contributed by atoms with Crippen LogP contribution in [-0.4, -0.2) is 30.4 Å². The number of anilines is 1. The van der Waals surface area contributed by atoms with Gasteiger partial charge in [-0.2, -0.15) is 0 Å². The van der Waals surface area contributed by atoms with Crippen molar-refractivity contribution < 1.29 is 4.79 Å². The van der Waals surface area contributed by atoms with Gasteiger partial charge in [0.1, 0.15) is 11.8 Å². The highest BCUT2D eigenvalue weighted by Gasteiger charge is 2.17. The smallest absolute Gasteiger partial charge is 0.285 e. The van der Waals surface area contributed by atoms with Crippen molar-refractivity contribution >= 4 is 38.8 Å². The fraction of sp³-hybridized carbons (Fsp3) is 0. The van der Waals surface area contributed by atoms with Gasteiger partial charge in [-0.25, -0.2) is 15.0 Å². The van der Waals surface area contributed by atoms with E-state index in [2.05, 4.69) is 35.9 Å². The Morgan fingerprint density at radius 3 is 3.00 bits per heavy atom. The molecular formula is C10H7BrN6O. The van der Waals surface area contributed by atoms with E-state index in [1.54, 1.807) is 6.20 Å². The third kappa shape index (κ3) is 1.58. The second-order valence-electron chi connectivity index (χ2n) is 3.57. The van der Waals surface area contributed by atoms with Crippen molar-refractivity contribution in [3.05, 3.63) is 35.1 Å². The summed E-state index contributed by atoms with van der Waals surface area (Å²) in [7, 11) is 0. The summed E-state index contributed by atoms with van der Waals surface area (Å²) in [6.45, 7) is 0. The molecule has 0 aliphatic carbocycles. The minimum absolute atomic E-state index is 0.0792. The topological polar surface area (TPSA) is 102 Å². The van der Waals surface area contributed by atoms with Crippen LogP contribution in [0, 0.1) is 0 Å². The van der Waals surface area contributed by atoms with Gasteiger partial charge in [-0.3, -0.25) is 9.36 Å². The summed E-state index contributed by atoms with van der Waals surface area (Å²) in [5.74, 6) is -0.289. The summed E-state index contributed by atoms with van der Waals surface area (Å²) in [5, 5.41) is 0. The molecular weight excluding hydrogens is 300 g/mol. The first-order valence-electron chi connectivity index (χ1n) is 4.99. The standard InChI is InChI=1S/C10H7BrN6O/c11-5-3-14-9-6(5)15-7(8(12)16-9)10(18)17-2-1-13-4-17/h1-4H,(H3,12,14,16). The Morgan fingerprint density at radius 1 is 1.44 bits per heavy atom. The first kappa shape index (κ1) is 10.9. The van der Waals surface area contributed by atoms with Crippen molar-refractivity contribution in [1.82, 2.24) is 24.5 Å².